The summed E-state index contributed by atoms with van der Waals surface area (Å²) >= 11 is 3.74. The number of anilines is 6. The zero-order valence-electron chi connectivity index (χ0n) is 57.2. The topological polar surface area (TPSA) is 32.8 Å². The number of hydrogen-bond donors (Lipinski definition) is 0. The van der Waals surface area contributed by atoms with Crippen molar-refractivity contribution in [3.8, 4) is 55.6 Å². The minimum absolute atomic E-state index is 0.831. The lowest BCUT2D eigenvalue weighted by Gasteiger charge is -2.32. The van der Waals surface area contributed by atoms with Crippen molar-refractivity contribution in [3.05, 3.63) is 364 Å². The molecule has 494 valence electrons. The van der Waals surface area contributed by atoms with Crippen LogP contribution in [-0.2, 0) is 0 Å². The molecule has 4 heterocycles. The minimum atomic E-state index is 0.831. The van der Waals surface area contributed by atoms with Crippen molar-refractivity contribution in [3.63, 3.8) is 0 Å². The molecule has 0 spiro atoms. The SMILES string of the molecule is c1ccc(-c2c(N(c3ccccc3-c3cccc4c3sc3ccc(-c5cccc(-c6c(N(c7ccc8oc9ccccc9c8c7)c7ccccc7-c7cccc8c7sc7ccccc78)c7ccccc7c7ccccc67)c5)cc34)c3cccc4c3oc3ccccc34)c3ccccc3c3ccccc23)cc1. The Bertz CT molecular complexity index is 7380. The maximum atomic E-state index is 7.09. The Hall–Kier alpha value is -13.4. The van der Waals surface area contributed by atoms with Crippen LogP contribution in [0.15, 0.2) is 373 Å². The van der Waals surface area contributed by atoms with Gasteiger partial charge in [-0.2, -0.15) is 0 Å². The van der Waals surface area contributed by atoms with Crippen molar-refractivity contribution in [2.24, 2.45) is 0 Å². The quantitative estimate of drug-likeness (QED) is 0.121. The standard InChI is InChI=1S/C100H60N2O2S2/c1-2-26-61(27-3-1)94-75-39-8-4-30-66(75)69-33-7-11-42-78(69)97(94)102(88-50-25-43-79-72-36-14-20-52-90(72)104-98(79)88)87-49-18-13-35-71(87)81-45-24-47-83-85-59-63(54-57-93(85)106-100(81)83)62-28-22-29-64(58-62)95-76-40-9-5-31-67(76)68-32-6-10-41-77(68)96(95)101(65-55-56-91-84(60-65)73-37-15-19-51-89(73)103-91)86-48-17-12-34-70(86)80-44-23-46-82-74-38-16-21-53-92(74)105-99(80)82/h1-60H. The number of hydrogen-bond acceptors (Lipinski definition) is 6. The van der Waals surface area contributed by atoms with Crippen LogP contribution < -0.4 is 9.80 Å². The molecule has 0 atom stereocenters. The van der Waals surface area contributed by atoms with Crippen LogP contribution in [-0.4, -0.2) is 0 Å². The molecular weight excluding hydrogens is 1330 g/mol. The highest BCUT2D eigenvalue weighted by molar-refractivity contribution is 7.26. The fourth-order valence-corrected chi connectivity index (χ4v) is 19.7. The summed E-state index contributed by atoms with van der Waals surface area (Å²) < 4.78 is 18.7. The first-order valence-electron chi connectivity index (χ1n) is 36.1. The van der Waals surface area contributed by atoms with E-state index in [9.17, 15) is 0 Å². The Balaban J connectivity index is 0.742. The number of benzene rings is 18. The van der Waals surface area contributed by atoms with E-state index in [2.05, 4.69) is 374 Å². The van der Waals surface area contributed by atoms with E-state index in [1.54, 1.807) is 0 Å². The van der Waals surface area contributed by atoms with Gasteiger partial charge in [0.15, 0.2) is 5.58 Å². The first-order valence-corrected chi connectivity index (χ1v) is 37.7. The van der Waals surface area contributed by atoms with Crippen molar-refractivity contribution in [1.82, 2.24) is 0 Å². The lowest BCUT2D eigenvalue weighted by Crippen LogP contribution is -2.14. The third-order valence-electron chi connectivity index (χ3n) is 21.8. The second-order valence-electron chi connectivity index (χ2n) is 27.6. The van der Waals surface area contributed by atoms with Crippen LogP contribution in [0.1, 0.15) is 0 Å². The molecule has 22 aromatic rings. The summed E-state index contributed by atoms with van der Waals surface area (Å²) in [4.78, 5) is 5.08. The largest absolute Gasteiger partial charge is 0.456 e. The molecule has 0 aliphatic rings. The summed E-state index contributed by atoms with van der Waals surface area (Å²) in [5, 5.41) is 18.7. The summed E-state index contributed by atoms with van der Waals surface area (Å²) in [6.45, 7) is 0. The van der Waals surface area contributed by atoms with E-state index in [-0.39, 0.29) is 0 Å². The number of para-hydroxylation sites is 5. The van der Waals surface area contributed by atoms with E-state index in [0.717, 1.165) is 139 Å². The first kappa shape index (κ1) is 60.2. The highest BCUT2D eigenvalue weighted by Gasteiger charge is 2.31. The maximum Gasteiger partial charge on any atom is 0.159 e. The van der Waals surface area contributed by atoms with Gasteiger partial charge in [0.1, 0.15) is 16.7 Å². The van der Waals surface area contributed by atoms with Crippen molar-refractivity contribution in [2.45, 2.75) is 0 Å². The molecule has 106 heavy (non-hydrogen) atoms. The number of nitrogens with zero attached hydrogens (tertiary/aromatic N) is 2. The van der Waals surface area contributed by atoms with Gasteiger partial charge in [-0.15, -0.1) is 22.7 Å². The van der Waals surface area contributed by atoms with Crippen molar-refractivity contribution in [2.75, 3.05) is 9.80 Å². The van der Waals surface area contributed by atoms with Crippen LogP contribution in [0.3, 0.4) is 0 Å². The van der Waals surface area contributed by atoms with Crippen molar-refractivity contribution >= 4 is 184 Å². The number of rotatable bonds is 11. The fraction of sp³-hybridized carbons (Fsp3) is 0. The monoisotopic (exact) mass is 1380 g/mol. The van der Waals surface area contributed by atoms with Crippen molar-refractivity contribution in [1.29, 1.82) is 0 Å². The molecular formula is C100H60N2O2S2. The summed E-state index contributed by atoms with van der Waals surface area (Å²) in [5.41, 5.74) is 21.1. The molecule has 0 bridgehead atoms. The smallest absolute Gasteiger partial charge is 0.159 e. The van der Waals surface area contributed by atoms with Crippen LogP contribution in [0.25, 0.3) is 183 Å². The van der Waals surface area contributed by atoms with Crippen LogP contribution in [0.2, 0.25) is 0 Å². The second kappa shape index (κ2) is 24.1. The Morgan fingerprint density at radius 2 is 0.623 bits per heavy atom. The Labute approximate surface area is 618 Å². The second-order valence-corrected chi connectivity index (χ2v) is 29.7. The summed E-state index contributed by atoms with van der Waals surface area (Å²) in [6.07, 6.45) is 0. The maximum absolute atomic E-state index is 7.09. The van der Waals surface area contributed by atoms with Crippen LogP contribution in [0.5, 0.6) is 0 Å². The highest BCUT2D eigenvalue weighted by atomic mass is 32.1. The normalized spacial score (nSPS) is 12.0. The first-order chi connectivity index (χ1) is 52.6. The van der Waals surface area contributed by atoms with Crippen LogP contribution in [0, 0.1) is 0 Å². The van der Waals surface area contributed by atoms with Crippen LogP contribution >= 0.6 is 22.7 Å². The summed E-state index contributed by atoms with van der Waals surface area (Å²) in [7, 11) is 0. The molecule has 0 N–H and O–H groups in total. The summed E-state index contributed by atoms with van der Waals surface area (Å²) in [6, 6.07) is 134. The van der Waals surface area contributed by atoms with E-state index in [1.807, 2.05) is 22.7 Å². The molecule has 0 fully saturated rings. The van der Waals surface area contributed by atoms with Gasteiger partial charge < -0.3 is 18.6 Å². The Kier molecular flexibility index (Phi) is 13.7. The average molecular weight is 1390 g/mol. The lowest BCUT2D eigenvalue weighted by atomic mass is 9.88. The molecule has 0 saturated carbocycles. The van der Waals surface area contributed by atoms with Gasteiger partial charge in [-0.3, -0.25) is 0 Å². The molecule has 0 radical (unpaired) electrons. The molecule has 0 aliphatic heterocycles. The predicted molar refractivity (Wildman–Crippen MR) is 453 cm³/mol. The van der Waals surface area contributed by atoms with E-state index < -0.39 is 0 Å². The van der Waals surface area contributed by atoms with Gasteiger partial charge in [0.05, 0.1) is 28.4 Å². The average Bonchev–Trinajstić information content (AvgIpc) is 0.768. The van der Waals surface area contributed by atoms with Gasteiger partial charge in [0.2, 0.25) is 0 Å². The summed E-state index contributed by atoms with van der Waals surface area (Å²) in [5.74, 6) is 0. The van der Waals surface area contributed by atoms with Crippen LogP contribution in [0.4, 0.5) is 34.1 Å². The van der Waals surface area contributed by atoms with Gasteiger partial charge in [-0.25, -0.2) is 0 Å². The molecule has 0 saturated heterocycles. The number of fused-ring (bicyclic) bond motifs is 18. The zero-order chi connectivity index (χ0) is 69.5. The van der Waals surface area contributed by atoms with Gasteiger partial charge >= 0.3 is 0 Å². The fourth-order valence-electron chi connectivity index (χ4n) is 17.2. The van der Waals surface area contributed by atoms with E-state index in [0.29, 0.717) is 0 Å². The van der Waals surface area contributed by atoms with Gasteiger partial charge in [0.25, 0.3) is 0 Å². The Morgan fingerprint density at radius 1 is 0.208 bits per heavy atom. The minimum Gasteiger partial charge on any atom is -0.456 e. The zero-order valence-corrected chi connectivity index (χ0v) is 58.8. The molecule has 4 aromatic heterocycles. The number of furan rings is 2. The Morgan fingerprint density at radius 3 is 1.29 bits per heavy atom. The van der Waals surface area contributed by atoms with Gasteiger partial charge in [-0.05, 0) is 127 Å². The van der Waals surface area contributed by atoms with E-state index in [1.165, 1.54) is 78.2 Å². The lowest BCUT2D eigenvalue weighted by molar-refractivity contribution is 0.668. The molecule has 4 nitrogen and oxygen atoms in total. The van der Waals surface area contributed by atoms with E-state index in [4.69, 9.17) is 8.83 Å². The third-order valence-corrected chi connectivity index (χ3v) is 24.3. The van der Waals surface area contributed by atoms with Gasteiger partial charge in [0, 0.05) is 112 Å². The molecule has 6 heteroatoms. The molecule has 18 aromatic carbocycles. The van der Waals surface area contributed by atoms with Crippen molar-refractivity contribution < 1.29 is 8.83 Å². The number of thiophene rings is 2. The molecule has 0 amide bonds. The molecule has 22 rings (SSSR count). The molecule has 0 unspecified atom stereocenters. The van der Waals surface area contributed by atoms with E-state index >= 15 is 0 Å². The van der Waals surface area contributed by atoms with Gasteiger partial charge in [-0.1, -0.05) is 291 Å². The third kappa shape index (κ3) is 9.31. The predicted octanol–water partition coefficient (Wildman–Crippen LogP) is 30.1. The highest BCUT2D eigenvalue weighted by Crippen LogP contribution is 2.57. The molecule has 0 aliphatic carbocycles.